The first-order valence-corrected chi connectivity index (χ1v) is 7.24. The number of fused-ring (bicyclic) bond motifs is 5. The largest absolute Gasteiger partial charge is 0.207 e. The van der Waals surface area contributed by atoms with Crippen LogP contribution in [-0.2, 0) is 6.42 Å². The number of benzene rings is 1. The summed E-state index contributed by atoms with van der Waals surface area (Å²) in [5.74, 6) is 4.20. The molecule has 0 N–H and O–H groups in total. The number of halogens is 1. The lowest BCUT2D eigenvalue weighted by atomic mass is 9.75. The zero-order chi connectivity index (χ0) is 12.1. The van der Waals surface area contributed by atoms with Crippen molar-refractivity contribution in [1.82, 2.24) is 0 Å². The summed E-state index contributed by atoms with van der Waals surface area (Å²) in [7, 11) is 0. The molecule has 0 aromatic heterocycles. The van der Waals surface area contributed by atoms with Crippen LogP contribution >= 0.6 is 0 Å². The normalized spacial score (nSPS) is 40.4. The van der Waals surface area contributed by atoms with Gasteiger partial charge in [0.2, 0.25) is 0 Å². The highest BCUT2D eigenvalue weighted by molar-refractivity contribution is 5.22. The van der Waals surface area contributed by atoms with Crippen molar-refractivity contribution < 1.29 is 4.39 Å². The Balaban J connectivity index is 1.55. The van der Waals surface area contributed by atoms with Crippen molar-refractivity contribution in [3.8, 4) is 0 Å². The lowest BCUT2D eigenvalue weighted by molar-refractivity contribution is 0.228. The van der Waals surface area contributed by atoms with E-state index in [1.54, 1.807) is 6.07 Å². The van der Waals surface area contributed by atoms with Gasteiger partial charge < -0.3 is 0 Å². The number of hydrogen-bond donors (Lipinski definition) is 0. The van der Waals surface area contributed by atoms with Crippen molar-refractivity contribution in [3.63, 3.8) is 0 Å². The summed E-state index contributed by atoms with van der Waals surface area (Å²) in [6.45, 7) is 0. The molecule has 1 aromatic rings. The molecular formula is C17H19F. The molecule has 3 aliphatic carbocycles. The predicted octanol–water partition coefficient (Wildman–Crippen LogP) is 4.22. The molecule has 0 heterocycles. The second-order valence-electron chi connectivity index (χ2n) is 6.37. The van der Waals surface area contributed by atoms with E-state index in [0.29, 0.717) is 5.92 Å². The van der Waals surface area contributed by atoms with Crippen molar-refractivity contribution in [1.29, 1.82) is 0 Å². The lowest BCUT2D eigenvalue weighted by Gasteiger charge is -2.29. The van der Waals surface area contributed by atoms with Crippen LogP contribution in [0.5, 0.6) is 0 Å². The van der Waals surface area contributed by atoms with Crippen LogP contribution < -0.4 is 0 Å². The van der Waals surface area contributed by atoms with Crippen LogP contribution in [0.1, 0.15) is 24.8 Å². The molecule has 0 spiro atoms. The monoisotopic (exact) mass is 242 g/mol. The van der Waals surface area contributed by atoms with Gasteiger partial charge in [-0.25, -0.2) is 4.39 Å². The molecule has 1 heteroatoms. The SMILES string of the molecule is Fc1cccc(CC2C=CC3C4CCC(C4)C23)c1. The van der Waals surface area contributed by atoms with E-state index in [1.807, 2.05) is 6.07 Å². The summed E-state index contributed by atoms with van der Waals surface area (Å²) in [5.41, 5.74) is 1.16. The molecule has 2 fully saturated rings. The van der Waals surface area contributed by atoms with E-state index in [-0.39, 0.29) is 5.82 Å². The molecule has 94 valence electrons. The average molecular weight is 242 g/mol. The highest BCUT2D eigenvalue weighted by Gasteiger charge is 2.50. The van der Waals surface area contributed by atoms with E-state index < -0.39 is 0 Å². The molecule has 3 aliphatic rings. The highest BCUT2D eigenvalue weighted by atomic mass is 19.1. The maximum absolute atomic E-state index is 13.2. The third kappa shape index (κ3) is 1.56. The lowest BCUT2D eigenvalue weighted by Crippen LogP contribution is -2.24. The number of hydrogen-bond acceptors (Lipinski definition) is 0. The minimum absolute atomic E-state index is 0.0982. The first-order valence-electron chi connectivity index (χ1n) is 7.24. The standard InChI is InChI=1S/C17H19F/c18-15-3-1-2-11(9-15)8-13-6-7-16-12-4-5-14(10-12)17(13)16/h1-3,6-7,9,12-14,16-17H,4-5,8,10H2. The van der Waals surface area contributed by atoms with Gasteiger partial charge in [0.25, 0.3) is 0 Å². The fourth-order valence-corrected chi connectivity index (χ4v) is 4.84. The first-order chi connectivity index (χ1) is 8.81. The third-order valence-corrected chi connectivity index (χ3v) is 5.48. The van der Waals surface area contributed by atoms with Gasteiger partial charge in [-0.15, -0.1) is 0 Å². The molecule has 5 unspecified atom stereocenters. The number of rotatable bonds is 2. The van der Waals surface area contributed by atoms with Gasteiger partial charge in [0.15, 0.2) is 0 Å². The van der Waals surface area contributed by atoms with E-state index in [0.717, 1.165) is 35.7 Å². The van der Waals surface area contributed by atoms with E-state index >= 15 is 0 Å². The third-order valence-electron chi connectivity index (χ3n) is 5.48. The van der Waals surface area contributed by atoms with E-state index in [1.165, 1.54) is 25.3 Å². The quantitative estimate of drug-likeness (QED) is 0.681. The van der Waals surface area contributed by atoms with Crippen LogP contribution in [0.15, 0.2) is 36.4 Å². The summed E-state index contributed by atoms with van der Waals surface area (Å²) < 4.78 is 13.2. The van der Waals surface area contributed by atoms with Gasteiger partial charge in [-0.3, -0.25) is 0 Å². The summed E-state index contributed by atoms with van der Waals surface area (Å²) in [6, 6.07) is 7.14. The zero-order valence-electron chi connectivity index (χ0n) is 10.6. The molecule has 1 aromatic carbocycles. The molecule has 0 amide bonds. The van der Waals surface area contributed by atoms with Gasteiger partial charge >= 0.3 is 0 Å². The first kappa shape index (κ1) is 10.8. The van der Waals surface area contributed by atoms with Crippen molar-refractivity contribution >= 4 is 0 Å². The Labute approximate surface area is 108 Å². The van der Waals surface area contributed by atoms with Gasteiger partial charge in [0.1, 0.15) is 5.82 Å². The molecule has 0 aliphatic heterocycles. The summed E-state index contributed by atoms with van der Waals surface area (Å²) in [6.07, 6.45) is 10.3. The Bertz CT molecular complexity index is 490. The van der Waals surface area contributed by atoms with Crippen molar-refractivity contribution in [2.24, 2.45) is 29.6 Å². The van der Waals surface area contributed by atoms with E-state index in [9.17, 15) is 4.39 Å². The molecule has 5 atom stereocenters. The van der Waals surface area contributed by atoms with E-state index in [2.05, 4.69) is 18.2 Å². The van der Waals surface area contributed by atoms with Crippen molar-refractivity contribution in [2.75, 3.05) is 0 Å². The molecule has 18 heavy (non-hydrogen) atoms. The summed E-state index contributed by atoms with van der Waals surface area (Å²) in [4.78, 5) is 0. The Morgan fingerprint density at radius 3 is 2.89 bits per heavy atom. The Morgan fingerprint density at radius 1 is 1.11 bits per heavy atom. The summed E-state index contributed by atoms with van der Waals surface area (Å²) in [5, 5.41) is 0. The van der Waals surface area contributed by atoms with Crippen LogP contribution in [0.2, 0.25) is 0 Å². The van der Waals surface area contributed by atoms with Crippen LogP contribution in [0.4, 0.5) is 4.39 Å². The second-order valence-corrected chi connectivity index (χ2v) is 6.37. The zero-order valence-corrected chi connectivity index (χ0v) is 10.6. The fourth-order valence-electron chi connectivity index (χ4n) is 4.84. The molecule has 2 bridgehead atoms. The minimum atomic E-state index is -0.0982. The Kier molecular flexibility index (Phi) is 2.36. The van der Waals surface area contributed by atoms with Crippen LogP contribution in [0.25, 0.3) is 0 Å². The highest BCUT2D eigenvalue weighted by Crippen LogP contribution is 2.58. The Morgan fingerprint density at radius 2 is 2.00 bits per heavy atom. The topological polar surface area (TPSA) is 0 Å². The Hall–Kier alpha value is -1.11. The van der Waals surface area contributed by atoms with Gasteiger partial charge in [0, 0.05) is 0 Å². The van der Waals surface area contributed by atoms with Crippen LogP contribution in [-0.4, -0.2) is 0 Å². The predicted molar refractivity (Wildman–Crippen MR) is 70.5 cm³/mol. The average Bonchev–Trinajstić information content (AvgIpc) is 3.02. The van der Waals surface area contributed by atoms with Crippen LogP contribution in [0.3, 0.4) is 0 Å². The van der Waals surface area contributed by atoms with Crippen LogP contribution in [0, 0.1) is 35.4 Å². The smallest absolute Gasteiger partial charge is 0.123 e. The molecule has 0 nitrogen and oxygen atoms in total. The molecule has 0 radical (unpaired) electrons. The van der Waals surface area contributed by atoms with Gasteiger partial charge in [0.05, 0.1) is 0 Å². The molecule has 0 saturated heterocycles. The van der Waals surface area contributed by atoms with E-state index in [4.69, 9.17) is 0 Å². The maximum Gasteiger partial charge on any atom is 0.123 e. The van der Waals surface area contributed by atoms with Gasteiger partial charge in [-0.1, -0.05) is 24.3 Å². The van der Waals surface area contributed by atoms with Gasteiger partial charge in [-0.05, 0) is 73.0 Å². The molecule has 2 saturated carbocycles. The van der Waals surface area contributed by atoms with Crippen molar-refractivity contribution in [3.05, 3.63) is 47.8 Å². The fraction of sp³-hybridized carbons (Fsp3) is 0.529. The molecule has 4 rings (SSSR count). The van der Waals surface area contributed by atoms with Gasteiger partial charge in [-0.2, -0.15) is 0 Å². The number of allylic oxidation sites excluding steroid dienone is 2. The minimum Gasteiger partial charge on any atom is -0.207 e. The maximum atomic E-state index is 13.2. The summed E-state index contributed by atoms with van der Waals surface area (Å²) >= 11 is 0. The molecular weight excluding hydrogens is 223 g/mol. The second kappa shape index (κ2) is 3.94. The van der Waals surface area contributed by atoms with Crippen molar-refractivity contribution in [2.45, 2.75) is 25.7 Å².